The molecule has 188 valence electrons. The number of carbonyl (C=O) groups is 3. The molecule has 2 aliphatic heterocycles. The van der Waals surface area contributed by atoms with Gasteiger partial charge < -0.3 is 25.8 Å². The second-order valence-electron chi connectivity index (χ2n) is 9.34. The van der Waals surface area contributed by atoms with Gasteiger partial charge in [-0.05, 0) is 73.8 Å². The number of anilines is 4. The Morgan fingerprint density at radius 1 is 0.865 bits per heavy atom. The first-order valence-electron chi connectivity index (χ1n) is 12.3. The zero-order valence-electron chi connectivity index (χ0n) is 20.9. The lowest BCUT2D eigenvalue weighted by Crippen LogP contribution is -2.44. The molecule has 2 amide bonds. The molecule has 0 spiro atoms. The van der Waals surface area contributed by atoms with E-state index in [2.05, 4.69) is 44.9 Å². The summed E-state index contributed by atoms with van der Waals surface area (Å²) < 4.78 is 0. The molecule has 0 aromatic heterocycles. The summed E-state index contributed by atoms with van der Waals surface area (Å²) in [7, 11) is 2.14. The molecular formula is C29H29N5O3. The SMILES string of the molecule is CC(=O)Nc1ccc(C(=O)c2ccc3c(c2)C(=CNc2ccc(N4CCN(C)CC4)cc2)C(=O)N3)cc1. The maximum Gasteiger partial charge on any atom is 0.257 e. The summed E-state index contributed by atoms with van der Waals surface area (Å²) in [6.45, 7) is 5.54. The van der Waals surface area contributed by atoms with E-state index in [4.69, 9.17) is 0 Å². The van der Waals surface area contributed by atoms with Gasteiger partial charge in [0.1, 0.15) is 0 Å². The van der Waals surface area contributed by atoms with Crippen molar-refractivity contribution in [1.29, 1.82) is 0 Å². The highest BCUT2D eigenvalue weighted by molar-refractivity contribution is 6.32. The summed E-state index contributed by atoms with van der Waals surface area (Å²) in [6.07, 6.45) is 1.68. The number of likely N-dealkylation sites (N-methyl/N-ethyl adjacent to an activating group) is 1. The minimum Gasteiger partial charge on any atom is -0.369 e. The molecule has 3 aromatic carbocycles. The second kappa shape index (κ2) is 10.3. The molecule has 0 unspecified atom stereocenters. The number of ketones is 1. The highest BCUT2D eigenvalue weighted by Gasteiger charge is 2.25. The van der Waals surface area contributed by atoms with Crippen molar-refractivity contribution in [3.8, 4) is 0 Å². The first kappa shape index (κ1) is 24.3. The molecule has 1 saturated heterocycles. The fourth-order valence-electron chi connectivity index (χ4n) is 4.54. The van der Waals surface area contributed by atoms with Gasteiger partial charge in [0.05, 0.1) is 5.57 Å². The summed E-state index contributed by atoms with van der Waals surface area (Å²) >= 11 is 0. The number of hydrogen-bond donors (Lipinski definition) is 3. The fraction of sp³-hybridized carbons (Fsp3) is 0.207. The van der Waals surface area contributed by atoms with Crippen LogP contribution < -0.4 is 20.9 Å². The molecule has 3 aromatic rings. The van der Waals surface area contributed by atoms with Crippen LogP contribution in [0.25, 0.3) is 5.57 Å². The van der Waals surface area contributed by atoms with Crippen LogP contribution in [0.4, 0.5) is 22.7 Å². The lowest BCUT2D eigenvalue weighted by molar-refractivity contribution is -0.114. The van der Waals surface area contributed by atoms with Gasteiger partial charge in [-0.1, -0.05) is 0 Å². The Kier molecular flexibility index (Phi) is 6.74. The molecule has 2 aliphatic rings. The Hall–Kier alpha value is -4.43. The molecule has 0 saturated carbocycles. The molecule has 5 rings (SSSR count). The first-order chi connectivity index (χ1) is 17.9. The quantitative estimate of drug-likeness (QED) is 0.353. The van der Waals surface area contributed by atoms with Crippen LogP contribution in [0.3, 0.4) is 0 Å². The minimum atomic E-state index is -0.221. The number of nitrogens with one attached hydrogen (secondary N) is 3. The fourth-order valence-corrected chi connectivity index (χ4v) is 4.54. The van der Waals surface area contributed by atoms with E-state index in [0.717, 1.165) is 31.9 Å². The maximum absolute atomic E-state index is 13.1. The number of fused-ring (bicyclic) bond motifs is 1. The lowest BCUT2D eigenvalue weighted by atomic mass is 9.98. The van der Waals surface area contributed by atoms with Crippen molar-refractivity contribution in [3.63, 3.8) is 0 Å². The first-order valence-corrected chi connectivity index (χ1v) is 12.3. The highest BCUT2D eigenvalue weighted by Crippen LogP contribution is 2.33. The molecule has 0 bridgehead atoms. The Morgan fingerprint density at radius 2 is 1.51 bits per heavy atom. The predicted molar refractivity (Wildman–Crippen MR) is 147 cm³/mol. The Bertz CT molecular complexity index is 1370. The monoisotopic (exact) mass is 495 g/mol. The van der Waals surface area contributed by atoms with Crippen LogP contribution in [0, 0.1) is 0 Å². The van der Waals surface area contributed by atoms with Gasteiger partial charge in [-0.2, -0.15) is 0 Å². The molecule has 1 fully saturated rings. The largest absolute Gasteiger partial charge is 0.369 e. The van der Waals surface area contributed by atoms with Crippen LogP contribution in [0.2, 0.25) is 0 Å². The van der Waals surface area contributed by atoms with Gasteiger partial charge in [0, 0.05) is 78.7 Å². The molecule has 2 heterocycles. The molecule has 37 heavy (non-hydrogen) atoms. The number of benzene rings is 3. The van der Waals surface area contributed by atoms with E-state index in [1.165, 1.54) is 12.6 Å². The van der Waals surface area contributed by atoms with Gasteiger partial charge in [-0.15, -0.1) is 0 Å². The minimum absolute atomic E-state index is 0.164. The zero-order valence-corrected chi connectivity index (χ0v) is 20.9. The topological polar surface area (TPSA) is 93.8 Å². The lowest BCUT2D eigenvalue weighted by Gasteiger charge is -2.34. The third-order valence-electron chi connectivity index (χ3n) is 6.65. The van der Waals surface area contributed by atoms with Crippen LogP contribution in [0.1, 0.15) is 28.4 Å². The molecule has 8 nitrogen and oxygen atoms in total. The number of carbonyl (C=O) groups excluding carboxylic acids is 3. The highest BCUT2D eigenvalue weighted by atomic mass is 16.2. The summed E-state index contributed by atoms with van der Waals surface area (Å²) in [5, 5.41) is 8.78. The van der Waals surface area contributed by atoms with Crippen molar-refractivity contribution < 1.29 is 14.4 Å². The molecule has 0 radical (unpaired) electrons. The van der Waals surface area contributed by atoms with Crippen molar-refractivity contribution in [1.82, 2.24) is 4.90 Å². The van der Waals surface area contributed by atoms with Gasteiger partial charge in [0.25, 0.3) is 5.91 Å². The molecule has 0 atom stereocenters. The Labute approximate surface area is 216 Å². The van der Waals surface area contributed by atoms with Crippen LogP contribution in [0.5, 0.6) is 0 Å². The van der Waals surface area contributed by atoms with Gasteiger partial charge in [-0.25, -0.2) is 0 Å². The second-order valence-corrected chi connectivity index (χ2v) is 9.34. The summed E-state index contributed by atoms with van der Waals surface area (Å²) in [5.41, 5.74) is 5.46. The van der Waals surface area contributed by atoms with E-state index in [1.54, 1.807) is 48.7 Å². The smallest absolute Gasteiger partial charge is 0.257 e. The van der Waals surface area contributed by atoms with Crippen molar-refractivity contribution in [2.24, 2.45) is 0 Å². The molecule has 8 heteroatoms. The normalized spacial score (nSPS) is 16.3. The standard InChI is InChI=1S/C29H29N5O3/c1-19(35)31-23-6-3-20(4-7-23)28(36)21-5-12-27-25(17-21)26(29(37)32-27)18-30-22-8-10-24(11-9-22)34-15-13-33(2)14-16-34/h3-12,17-18,30H,13-16H2,1-2H3,(H,31,35)(H,32,37). The summed E-state index contributed by atoms with van der Waals surface area (Å²) in [5.74, 6) is -0.557. The number of amides is 2. The molecule has 3 N–H and O–H groups in total. The third kappa shape index (κ3) is 5.39. The van der Waals surface area contributed by atoms with Gasteiger partial charge >= 0.3 is 0 Å². The molecule has 0 aliphatic carbocycles. The van der Waals surface area contributed by atoms with E-state index >= 15 is 0 Å². The van der Waals surface area contributed by atoms with E-state index in [1.807, 2.05) is 12.1 Å². The van der Waals surface area contributed by atoms with E-state index < -0.39 is 0 Å². The Balaban J connectivity index is 1.31. The maximum atomic E-state index is 13.1. The van der Waals surface area contributed by atoms with E-state index in [-0.39, 0.29) is 17.6 Å². The van der Waals surface area contributed by atoms with Crippen LogP contribution in [-0.2, 0) is 9.59 Å². The van der Waals surface area contributed by atoms with Crippen LogP contribution in [0.15, 0.2) is 72.9 Å². The number of piperazine rings is 1. The average Bonchev–Trinajstić information content (AvgIpc) is 3.22. The van der Waals surface area contributed by atoms with Crippen molar-refractivity contribution in [2.75, 3.05) is 54.1 Å². The van der Waals surface area contributed by atoms with Crippen molar-refractivity contribution in [3.05, 3.63) is 89.6 Å². The van der Waals surface area contributed by atoms with Crippen molar-refractivity contribution >= 4 is 45.9 Å². The summed E-state index contributed by atoms with van der Waals surface area (Å²) in [6, 6.07) is 20.1. The van der Waals surface area contributed by atoms with Gasteiger partial charge in [0.2, 0.25) is 5.91 Å². The molecular weight excluding hydrogens is 466 g/mol. The number of nitrogens with zero attached hydrogens (tertiary/aromatic N) is 2. The zero-order chi connectivity index (χ0) is 25.9. The predicted octanol–water partition coefficient (Wildman–Crippen LogP) is 4.03. The van der Waals surface area contributed by atoms with Crippen molar-refractivity contribution in [2.45, 2.75) is 6.92 Å². The van der Waals surface area contributed by atoms with Gasteiger partial charge in [0.15, 0.2) is 5.78 Å². The Morgan fingerprint density at radius 3 is 2.19 bits per heavy atom. The van der Waals surface area contributed by atoms with E-state index in [9.17, 15) is 14.4 Å². The number of hydrogen-bond acceptors (Lipinski definition) is 6. The average molecular weight is 496 g/mol. The number of rotatable bonds is 6. The summed E-state index contributed by atoms with van der Waals surface area (Å²) in [4.78, 5) is 41.7. The van der Waals surface area contributed by atoms with Crippen LogP contribution in [-0.4, -0.2) is 55.7 Å². The van der Waals surface area contributed by atoms with Crippen LogP contribution >= 0.6 is 0 Å². The third-order valence-corrected chi connectivity index (χ3v) is 6.65. The van der Waals surface area contributed by atoms with E-state index in [0.29, 0.717) is 33.6 Å². The van der Waals surface area contributed by atoms with Gasteiger partial charge in [-0.3, -0.25) is 14.4 Å².